The molecule has 1 aromatic carbocycles. The van der Waals surface area contributed by atoms with Crippen LogP contribution < -0.4 is 5.32 Å². The van der Waals surface area contributed by atoms with Crippen LogP contribution in [0.15, 0.2) is 30.3 Å². The molecule has 3 atom stereocenters. The van der Waals surface area contributed by atoms with Crippen molar-refractivity contribution in [3.05, 3.63) is 35.9 Å². The van der Waals surface area contributed by atoms with Gasteiger partial charge in [-0.3, -0.25) is 0 Å². The normalized spacial score (nSPS) is 29.6. The topological polar surface area (TPSA) is 15.3 Å². The maximum atomic E-state index is 3.69. The lowest BCUT2D eigenvalue weighted by molar-refractivity contribution is 0.0966. The number of likely N-dealkylation sites (N-methyl/N-ethyl adjacent to an activating group) is 2. The second-order valence-electron chi connectivity index (χ2n) is 6.89. The fraction of sp³-hybridized carbons (Fsp3) is 0.667. The van der Waals surface area contributed by atoms with Crippen LogP contribution in [0.5, 0.6) is 0 Å². The van der Waals surface area contributed by atoms with Gasteiger partial charge in [0.25, 0.3) is 0 Å². The molecule has 3 unspecified atom stereocenters. The first-order valence-electron chi connectivity index (χ1n) is 8.09. The van der Waals surface area contributed by atoms with E-state index in [1.165, 1.54) is 37.7 Å². The number of rotatable bonds is 5. The Labute approximate surface area is 123 Å². The van der Waals surface area contributed by atoms with Gasteiger partial charge < -0.3 is 10.2 Å². The van der Waals surface area contributed by atoms with E-state index >= 15 is 0 Å². The third-order valence-electron chi connectivity index (χ3n) is 5.75. The van der Waals surface area contributed by atoms with Crippen LogP contribution in [0.1, 0.15) is 43.6 Å². The molecule has 0 heterocycles. The summed E-state index contributed by atoms with van der Waals surface area (Å²) in [5, 5.41) is 3.69. The Kier molecular flexibility index (Phi) is 3.87. The molecule has 2 aliphatic carbocycles. The number of hydrogen-bond acceptors (Lipinski definition) is 2. The summed E-state index contributed by atoms with van der Waals surface area (Å²) in [4.78, 5) is 2.50. The van der Waals surface area contributed by atoms with E-state index in [0.29, 0.717) is 11.6 Å². The fourth-order valence-electron chi connectivity index (χ4n) is 4.57. The van der Waals surface area contributed by atoms with Crippen LogP contribution in [-0.4, -0.2) is 37.6 Å². The molecule has 20 heavy (non-hydrogen) atoms. The SMILES string of the molecule is CNC(C1CC1c1ccccc1)C1(N(C)C)CCCC1. The highest BCUT2D eigenvalue weighted by atomic mass is 15.2. The maximum absolute atomic E-state index is 3.69. The zero-order valence-electron chi connectivity index (χ0n) is 13.1. The molecule has 3 rings (SSSR count). The maximum Gasteiger partial charge on any atom is 0.0359 e. The highest BCUT2D eigenvalue weighted by Gasteiger charge is 2.53. The van der Waals surface area contributed by atoms with E-state index in [1.54, 1.807) is 0 Å². The summed E-state index contributed by atoms with van der Waals surface area (Å²) in [7, 11) is 6.71. The van der Waals surface area contributed by atoms with E-state index < -0.39 is 0 Å². The minimum absolute atomic E-state index is 0.378. The van der Waals surface area contributed by atoms with Crippen LogP contribution in [0.3, 0.4) is 0 Å². The highest BCUT2D eigenvalue weighted by molar-refractivity contribution is 5.28. The molecule has 0 saturated heterocycles. The minimum Gasteiger partial charge on any atom is -0.315 e. The first kappa shape index (κ1) is 14.1. The van der Waals surface area contributed by atoms with Crippen LogP contribution >= 0.6 is 0 Å². The molecule has 2 aliphatic rings. The van der Waals surface area contributed by atoms with Crippen molar-refractivity contribution < 1.29 is 0 Å². The van der Waals surface area contributed by atoms with Crippen molar-refractivity contribution in [1.29, 1.82) is 0 Å². The molecule has 2 fully saturated rings. The first-order chi connectivity index (χ1) is 9.69. The summed E-state index contributed by atoms with van der Waals surface area (Å²) < 4.78 is 0. The summed E-state index contributed by atoms with van der Waals surface area (Å²) in [5.41, 5.74) is 1.91. The van der Waals surface area contributed by atoms with Crippen molar-refractivity contribution in [1.82, 2.24) is 10.2 Å². The van der Waals surface area contributed by atoms with E-state index in [9.17, 15) is 0 Å². The fourth-order valence-corrected chi connectivity index (χ4v) is 4.57. The van der Waals surface area contributed by atoms with Crippen molar-refractivity contribution in [2.45, 2.75) is 49.6 Å². The number of hydrogen-bond donors (Lipinski definition) is 1. The van der Waals surface area contributed by atoms with Gasteiger partial charge in [0.15, 0.2) is 0 Å². The lowest BCUT2D eigenvalue weighted by Gasteiger charge is -2.44. The van der Waals surface area contributed by atoms with Gasteiger partial charge in [-0.2, -0.15) is 0 Å². The lowest BCUT2D eigenvalue weighted by atomic mass is 9.82. The Bertz CT molecular complexity index is 434. The molecule has 0 aliphatic heterocycles. The lowest BCUT2D eigenvalue weighted by Crippen LogP contribution is -2.58. The number of benzene rings is 1. The van der Waals surface area contributed by atoms with Gasteiger partial charge in [0, 0.05) is 11.6 Å². The molecule has 1 aromatic rings. The number of nitrogens with zero attached hydrogens (tertiary/aromatic N) is 1. The van der Waals surface area contributed by atoms with Gasteiger partial charge in [0.05, 0.1) is 0 Å². The summed E-state index contributed by atoms with van der Waals surface area (Å²) in [6.45, 7) is 0. The first-order valence-corrected chi connectivity index (χ1v) is 8.09. The molecule has 0 bridgehead atoms. The minimum atomic E-state index is 0.378. The second kappa shape index (κ2) is 5.50. The van der Waals surface area contributed by atoms with Crippen LogP contribution in [0.25, 0.3) is 0 Å². The Morgan fingerprint density at radius 1 is 1.15 bits per heavy atom. The van der Waals surface area contributed by atoms with E-state index in [0.717, 1.165) is 11.8 Å². The van der Waals surface area contributed by atoms with Crippen LogP contribution in [-0.2, 0) is 0 Å². The van der Waals surface area contributed by atoms with E-state index in [-0.39, 0.29) is 0 Å². The monoisotopic (exact) mass is 272 g/mol. The van der Waals surface area contributed by atoms with Gasteiger partial charge in [-0.15, -0.1) is 0 Å². The molecule has 2 saturated carbocycles. The van der Waals surface area contributed by atoms with E-state index in [4.69, 9.17) is 0 Å². The zero-order valence-corrected chi connectivity index (χ0v) is 13.1. The Balaban J connectivity index is 1.78. The molecule has 0 aromatic heterocycles. The van der Waals surface area contributed by atoms with Gasteiger partial charge in [0.1, 0.15) is 0 Å². The molecule has 0 spiro atoms. The zero-order chi connectivity index (χ0) is 14.2. The molecule has 0 radical (unpaired) electrons. The third-order valence-corrected chi connectivity index (χ3v) is 5.75. The molecule has 2 heteroatoms. The van der Waals surface area contributed by atoms with Gasteiger partial charge in [-0.05, 0) is 57.8 Å². The highest BCUT2D eigenvalue weighted by Crippen LogP contribution is 2.54. The summed E-state index contributed by atoms with van der Waals surface area (Å²) >= 11 is 0. The van der Waals surface area contributed by atoms with E-state index in [2.05, 4.69) is 61.7 Å². The van der Waals surface area contributed by atoms with Crippen molar-refractivity contribution in [2.24, 2.45) is 5.92 Å². The van der Waals surface area contributed by atoms with Crippen LogP contribution in [0, 0.1) is 5.92 Å². The number of nitrogens with one attached hydrogen (secondary N) is 1. The van der Waals surface area contributed by atoms with Crippen molar-refractivity contribution in [2.75, 3.05) is 21.1 Å². The standard InChI is InChI=1S/C18H28N2/c1-19-17(18(20(2)3)11-7-8-12-18)16-13-15(16)14-9-5-4-6-10-14/h4-6,9-10,15-17,19H,7-8,11-13H2,1-3H3. The van der Waals surface area contributed by atoms with Gasteiger partial charge in [-0.1, -0.05) is 43.2 Å². The van der Waals surface area contributed by atoms with Crippen molar-refractivity contribution in [3.8, 4) is 0 Å². The third kappa shape index (κ3) is 2.29. The summed E-state index contributed by atoms with van der Waals surface area (Å²) in [5.74, 6) is 1.58. The quantitative estimate of drug-likeness (QED) is 0.885. The van der Waals surface area contributed by atoms with Gasteiger partial charge in [-0.25, -0.2) is 0 Å². The second-order valence-corrected chi connectivity index (χ2v) is 6.89. The van der Waals surface area contributed by atoms with Gasteiger partial charge >= 0.3 is 0 Å². The van der Waals surface area contributed by atoms with Gasteiger partial charge in [0.2, 0.25) is 0 Å². The average molecular weight is 272 g/mol. The molecule has 1 N–H and O–H groups in total. The van der Waals surface area contributed by atoms with Crippen LogP contribution in [0.2, 0.25) is 0 Å². The van der Waals surface area contributed by atoms with Crippen molar-refractivity contribution in [3.63, 3.8) is 0 Å². The predicted molar refractivity (Wildman–Crippen MR) is 85.0 cm³/mol. The van der Waals surface area contributed by atoms with Crippen LogP contribution in [0.4, 0.5) is 0 Å². The van der Waals surface area contributed by atoms with Crippen molar-refractivity contribution >= 4 is 0 Å². The smallest absolute Gasteiger partial charge is 0.0359 e. The molecule has 110 valence electrons. The largest absolute Gasteiger partial charge is 0.315 e. The molecular formula is C18H28N2. The summed E-state index contributed by atoms with van der Waals surface area (Å²) in [6.07, 6.45) is 6.83. The van der Waals surface area contributed by atoms with E-state index in [1.807, 2.05) is 0 Å². The Hall–Kier alpha value is -0.860. The Morgan fingerprint density at radius 2 is 1.80 bits per heavy atom. The molecule has 2 nitrogen and oxygen atoms in total. The predicted octanol–water partition coefficient (Wildman–Crippen LogP) is 3.25. The molecule has 0 amide bonds. The molecular weight excluding hydrogens is 244 g/mol. The average Bonchev–Trinajstić information content (AvgIpc) is 3.08. The summed E-state index contributed by atoms with van der Waals surface area (Å²) in [6, 6.07) is 11.7. The Morgan fingerprint density at radius 3 is 2.35 bits per heavy atom.